The monoisotopic (exact) mass is 520 g/mol. The largest absolute Gasteiger partial charge is 0.493 e. The SMILES string of the molecule is COc1cc(C2C(C#N)=C(N)Oc3cc(OC(=O)C(C)Oc4ccccc4F)ccc32)cc(OC)c1OC. The smallest absolute Gasteiger partial charge is 0.352 e. The lowest BCUT2D eigenvalue weighted by Gasteiger charge is -2.27. The van der Waals surface area contributed by atoms with Gasteiger partial charge in [0.25, 0.3) is 0 Å². The van der Waals surface area contributed by atoms with E-state index in [1.165, 1.54) is 52.5 Å². The molecule has 9 nitrogen and oxygen atoms in total. The van der Waals surface area contributed by atoms with Gasteiger partial charge in [-0.25, -0.2) is 9.18 Å². The van der Waals surface area contributed by atoms with Crippen LogP contribution in [0.4, 0.5) is 4.39 Å². The quantitative estimate of drug-likeness (QED) is 0.339. The summed E-state index contributed by atoms with van der Waals surface area (Å²) < 4.78 is 46.8. The Bertz CT molecular complexity index is 1420. The fourth-order valence-corrected chi connectivity index (χ4v) is 4.09. The number of para-hydroxylation sites is 1. The van der Waals surface area contributed by atoms with Crippen molar-refractivity contribution in [2.45, 2.75) is 18.9 Å². The number of allylic oxidation sites excluding steroid dienone is 1. The second kappa shape index (κ2) is 11.0. The van der Waals surface area contributed by atoms with Gasteiger partial charge in [0.05, 0.1) is 27.2 Å². The minimum absolute atomic E-state index is 0.0687. The van der Waals surface area contributed by atoms with Gasteiger partial charge < -0.3 is 34.2 Å². The van der Waals surface area contributed by atoms with E-state index in [9.17, 15) is 14.4 Å². The molecule has 38 heavy (non-hydrogen) atoms. The molecule has 2 unspecified atom stereocenters. The van der Waals surface area contributed by atoms with Crippen molar-refractivity contribution in [3.63, 3.8) is 0 Å². The average Bonchev–Trinajstić information content (AvgIpc) is 2.92. The van der Waals surface area contributed by atoms with Crippen LogP contribution in [-0.4, -0.2) is 33.4 Å². The number of nitrogens with two attached hydrogens (primary N) is 1. The van der Waals surface area contributed by atoms with Crippen LogP contribution >= 0.6 is 0 Å². The molecule has 0 radical (unpaired) electrons. The number of carbonyl (C=O) groups excluding carboxylic acids is 1. The molecule has 1 heterocycles. The summed E-state index contributed by atoms with van der Waals surface area (Å²) in [6.45, 7) is 1.45. The molecule has 0 bridgehead atoms. The molecule has 4 rings (SSSR count). The van der Waals surface area contributed by atoms with E-state index < -0.39 is 23.8 Å². The van der Waals surface area contributed by atoms with Crippen LogP contribution in [0.1, 0.15) is 24.0 Å². The first-order valence-corrected chi connectivity index (χ1v) is 11.5. The highest BCUT2D eigenvalue weighted by Gasteiger charge is 2.33. The summed E-state index contributed by atoms with van der Waals surface area (Å²) in [6, 6.07) is 16.0. The maximum Gasteiger partial charge on any atom is 0.352 e. The number of nitrogens with zero attached hydrogens (tertiary/aromatic N) is 1. The molecular formula is C28H25FN2O7. The standard InChI is InChI=1S/C28H25FN2O7/c1-15(36-21-8-6-5-7-20(21)29)28(32)37-17-9-10-18-22(13-17)38-27(31)19(14-30)25(18)16-11-23(33-2)26(35-4)24(12-16)34-3/h5-13,15,25H,31H2,1-4H3. The number of rotatable bonds is 8. The molecule has 2 N–H and O–H groups in total. The highest BCUT2D eigenvalue weighted by molar-refractivity contribution is 5.77. The molecule has 0 saturated carbocycles. The number of fused-ring (bicyclic) bond motifs is 1. The molecular weight excluding hydrogens is 495 g/mol. The third kappa shape index (κ3) is 4.99. The first-order valence-electron chi connectivity index (χ1n) is 11.5. The van der Waals surface area contributed by atoms with Crippen LogP contribution in [-0.2, 0) is 4.79 Å². The molecule has 0 aromatic heterocycles. The van der Waals surface area contributed by atoms with E-state index in [1.807, 2.05) is 0 Å². The molecule has 0 spiro atoms. The molecule has 3 aromatic rings. The predicted octanol–water partition coefficient (Wildman–Crippen LogP) is 4.44. The lowest BCUT2D eigenvalue weighted by Crippen LogP contribution is -2.29. The second-order valence-electron chi connectivity index (χ2n) is 8.19. The molecule has 0 saturated heterocycles. The summed E-state index contributed by atoms with van der Waals surface area (Å²) in [5.41, 5.74) is 7.53. The predicted molar refractivity (Wildman–Crippen MR) is 134 cm³/mol. The molecule has 1 aliphatic rings. The fraction of sp³-hybridized carbons (Fsp3) is 0.214. The molecule has 0 fully saturated rings. The maximum atomic E-state index is 13.9. The third-order valence-electron chi connectivity index (χ3n) is 5.90. The molecule has 1 aliphatic heterocycles. The van der Waals surface area contributed by atoms with Gasteiger partial charge in [0.1, 0.15) is 23.1 Å². The summed E-state index contributed by atoms with van der Waals surface area (Å²) in [5.74, 6) is -0.502. The Kier molecular flexibility index (Phi) is 7.58. The first kappa shape index (κ1) is 26.2. The minimum Gasteiger partial charge on any atom is -0.493 e. The van der Waals surface area contributed by atoms with Gasteiger partial charge in [0.15, 0.2) is 29.2 Å². The number of ether oxygens (including phenoxy) is 6. The van der Waals surface area contributed by atoms with Crippen LogP contribution in [0.3, 0.4) is 0 Å². The lowest BCUT2D eigenvalue weighted by molar-refractivity contribution is -0.141. The zero-order chi connectivity index (χ0) is 27.4. The van der Waals surface area contributed by atoms with E-state index in [0.717, 1.165) is 0 Å². The van der Waals surface area contributed by atoms with E-state index in [2.05, 4.69) is 6.07 Å². The van der Waals surface area contributed by atoms with Crippen LogP contribution < -0.4 is 34.2 Å². The van der Waals surface area contributed by atoms with Gasteiger partial charge in [0.2, 0.25) is 11.6 Å². The van der Waals surface area contributed by atoms with E-state index >= 15 is 0 Å². The average molecular weight is 521 g/mol. The number of carbonyl (C=O) groups is 1. The summed E-state index contributed by atoms with van der Waals surface area (Å²) in [7, 11) is 4.48. The zero-order valence-corrected chi connectivity index (χ0v) is 21.1. The highest BCUT2D eigenvalue weighted by Crippen LogP contribution is 2.47. The molecule has 10 heteroatoms. The Hall–Kier alpha value is -4.91. The molecule has 2 atom stereocenters. The van der Waals surface area contributed by atoms with Crippen molar-refractivity contribution in [2.24, 2.45) is 5.73 Å². The van der Waals surface area contributed by atoms with Gasteiger partial charge in [-0.15, -0.1) is 0 Å². The van der Waals surface area contributed by atoms with E-state index in [4.69, 9.17) is 34.2 Å². The van der Waals surface area contributed by atoms with Crippen molar-refractivity contribution in [3.8, 4) is 40.6 Å². The number of esters is 1. The normalized spacial score (nSPS) is 14.9. The minimum atomic E-state index is -1.09. The maximum absolute atomic E-state index is 13.9. The van der Waals surface area contributed by atoms with E-state index in [0.29, 0.717) is 28.4 Å². The molecule has 196 valence electrons. The first-order chi connectivity index (χ1) is 18.3. The Balaban J connectivity index is 1.66. The molecule has 0 aliphatic carbocycles. The third-order valence-corrected chi connectivity index (χ3v) is 5.90. The van der Waals surface area contributed by atoms with Crippen LogP contribution in [0, 0.1) is 17.1 Å². The zero-order valence-electron chi connectivity index (χ0n) is 21.1. The van der Waals surface area contributed by atoms with Gasteiger partial charge in [-0.3, -0.25) is 0 Å². The number of hydrogen-bond donors (Lipinski definition) is 1. The fourth-order valence-electron chi connectivity index (χ4n) is 4.09. The Morgan fingerprint density at radius 2 is 1.71 bits per heavy atom. The summed E-state index contributed by atoms with van der Waals surface area (Å²) >= 11 is 0. The van der Waals surface area contributed by atoms with Crippen molar-refractivity contribution >= 4 is 5.97 Å². The van der Waals surface area contributed by atoms with Gasteiger partial charge in [-0.05, 0) is 42.8 Å². The Labute approximate surface area is 218 Å². The summed E-state index contributed by atoms with van der Waals surface area (Å²) in [5, 5.41) is 9.88. The Morgan fingerprint density at radius 1 is 1.03 bits per heavy atom. The van der Waals surface area contributed by atoms with Crippen LogP contribution in [0.5, 0.6) is 34.5 Å². The van der Waals surface area contributed by atoms with E-state index in [1.54, 1.807) is 30.3 Å². The van der Waals surface area contributed by atoms with Crippen molar-refractivity contribution in [3.05, 3.63) is 83.0 Å². The number of benzene rings is 3. The van der Waals surface area contributed by atoms with Gasteiger partial charge in [-0.2, -0.15) is 5.26 Å². The van der Waals surface area contributed by atoms with Crippen LogP contribution in [0.15, 0.2) is 66.1 Å². The molecule has 3 aromatic carbocycles. The van der Waals surface area contributed by atoms with Crippen molar-refractivity contribution in [1.82, 2.24) is 0 Å². The van der Waals surface area contributed by atoms with Crippen molar-refractivity contribution in [1.29, 1.82) is 5.26 Å². The Morgan fingerprint density at radius 3 is 2.32 bits per heavy atom. The number of halogens is 1. The van der Waals surface area contributed by atoms with Gasteiger partial charge in [-0.1, -0.05) is 18.2 Å². The second-order valence-corrected chi connectivity index (χ2v) is 8.19. The van der Waals surface area contributed by atoms with Gasteiger partial charge >= 0.3 is 5.97 Å². The van der Waals surface area contributed by atoms with Crippen LogP contribution in [0.25, 0.3) is 0 Å². The number of hydrogen-bond acceptors (Lipinski definition) is 9. The summed E-state index contributed by atoms with van der Waals surface area (Å²) in [4.78, 5) is 12.6. The van der Waals surface area contributed by atoms with E-state index in [-0.39, 0.29) is 28.7 Å². The molecule has 0 amide bonds. The van der Waals surface area contributed by atoms with Crippen molar-refractivity contribution < 1.29 is 37.6 Å². The van der Waals surface area contributed by atoms with Crippen LogP contribution in [0.2, 0.25) is 0 Å². The van der Waals surface area contributed by atoms with Crippen molar-refractivity contribution in [2.75, 3.05) is 21.3 Å². The lowest BCUT2D eigenvalue weighted by atomic mass is 9.83. The number of nitriles is 1. The number of methoxy groups -OCH3 is 3. The topological polar surface area (TPSA) is 122 Å². The summed E-state index contributed by atoms with van der Waals surface area (Å²) in [6.07, 6.45) is -1.09. The van der Waals surface area contributed by atoms with Gasteiger partial charge in [0, 0.05) is 11.6 Å². The highest BCUT2D eigenvalue weighted by atomic mass is 19.1.